The van der Waals surface area contributed by atoms with Gasteiger partial charge in [0, 0.05) is 23.7 Å². The van der Waals surface area contributed by atoms with Crippen LogP contribution in [-0.4, -0.2) is 16.9 Å². The number of aromatic nitrogens is 1. The van der Waals surface area contributed by atoms with Crippen LogP contribution in [-0.2, 0) is 0 Å². The van der Waals surface area contributed by atoms with Crippen molar-refractivity contribution in [3.8, 4) is 12.3 Å². The van der Waals surface area contributed by atoms with E-state index in [4.69, 9.17) is 18.0 Å². The number of amides is 1. The maximum Gasteiger partial charge on any atom is 0.270 e. The fourth-order valence-corrected chi connectivity index (χ4v) is 1.39. The van der Waals surface area contributed by atoms with E-state index in [9.17, 15) is 4.79 Å². The van der Waals surface area contributed by atoms with Crippen LogP contribution in [0, 0.1) is 12.3 Å². The highest BCUT2D eigenvalue weighted by atomic mass is 35.5. The van der Waals surface area contributed by atoms with E-state index in [1.807, 2.05) is 6.92 Å². The molecule has 1 aromatic heterocycles. The summed E-state index contributed by atoms with van der Waals surface area (Å²) >= 11 is 5.77. The van der Waals surface area contributed by atoms with Crippen molar-refractivity contribution in [1.82, 2.24) is 10.3 Å². The second-order valence-corrected chi connectivity index (χ2v) is 3.78. The molecule has 1 heterocycles. The predicted octanol–water partition coefficient (Wildman–Crippen LogP) is 2.27. The Bertz CT molecular complexity index is 412. The quantitative estimate of drug-likeness (QED) is 0.815. The van der Waals surface area contributed by atoms with E-state index in [0.29, 0.717) is 17.1 Å². The molecule has 16 heavy (non-hydrogen) atoms. The molecule has 0 aliphatic heterocycles. The highest BCUT2D eigenvalue weighted by Gasteiger charge is 2.12. The van der Waals surface area contributed by atoms with Crippen LogP contribution in [0.3, 0.4) is 0 Å². The van der Waals surface area contributed by atoms with Crippen LogP contribution in [0.15, 0.2) is 18.3 Å². The van der Waals surface area contributed by atoms with E-state index < -0.39 is 0 Å². The number of hydrogen-bond acceptors (Lipinski definition) is 2. The van der Waals surface area contributed by atoms with Gasteiger partial charge in [-0.15, -0.1) is 12.3 Å². The Morgan fingerprint density at radius 2 is 2.50 bits per heavy atom. The minimum absolute atomic E-state index is 0.0155. The van der Waals surface area contributed by atoms with E-state index in [1.54, 1.807) is 6.07 Å². The summed E-state index contributed by atoms with van der Waals surface area (Å²) in [5.41, 5.74) is 0.308. The average molecular weight is 237 g/mol. The number of rotatable bonds is 4. The number of hydrogen-bond donors (Lipinski definition) is 1. The second kappa shape index (κ2) is 6.14. The van der Waals surface area contributed by atoms with E-state index in [1.165, 1.54) is 12.3 Å². The van der Waals surface area contributed by atoms with Crippen molar-refractivity contribution in [3.05, 3.63) is 29.0 Å². The van der Waals surface area contributed by atoms with Crippen molar-refractivity contribution in [3.63, 3.8) is 0 Å². The molecule has 84 valence electrons. The van der Waals surface area contributed by atoms with Gasteiger partial charge in [0.1, 0.15) is 5.69 Å². The number of pyridine rings is 1. The van der Waals surface area contributed by atoms with Crippen molar-refractivity contribution in [2.75, 3.05) is 0 Å². The van der Waals surface area contributed by atoms with Gasteiger partial charge in [0.05, 0.1) is 0 Å². The SMILES string of the molecule is C#CCC(CC)NC(=O)c1cc(Cl)ccn1. The Morgan fingerprint density at radius 1 is 1.75 bits per heavy atom. The van der Waals surface area contributed by atoms with E-state index in [0.717, 1.165) is 6.42 Å². The monoisotopic (exact) mass is 236 g/mol. The molecular formula is C12H13ClN2O. The average Bonchev–Trinajstić information content (AvgIpc) is 2.28. The van der Waals surface area contributed by atoms with Crippen LogP contribution in [0.25, 0.3) is 0 Å². The first kappa shape index (κ1) is 12.5. The molecule has 0 saturated heterocycles. The predicted molar refractivity (Wildman–Crippen MR) is 64.2 cm³/mol. The van der Waals surface area contributed by atoms with Gasteiger partial charge in [0.25, 0.3) is 5.91 Å². The van der Waals surface area contributed by atoms with E-state index in [-0.39, 0.29) is 11.9 Å². The van der Waals surface area contributed by atoms with Gasteiger partial charge in [-0.05, 0) is 18.6 Å². The summed E-state index contributed by atoms with van der Waals surface area (Å²) in [6.45, 7) is 1.97. The van der Waals surface area contributed by atoms with E-state index in [2.05, 4.69) is 16.2 Å². The first-order chi connectivity index (χ1) is 7.67. The number of terminal acetylenes is 1. The molecule has 1 amide bonds. The van der Waals surface area contributed by atoms with Crippen LogP contribution in [0.2, 0.25) is 5.02 Å². The summed E-state index contributed by atoms with van der Waals surface area (Å²) in [4.78, 5) is 15.7. The normalized spacial score (nSPS) is 11.6. The molecule has 0 aliphatic carbocycles. The molecule has 1 atom stereocenters. The number of nitrogens with one attached hydrogen (secondary N) is 1. The van der Waals surface area contributed by atoms with Gasteiger partial charge in [0.2, 0.25) is 0 Å². The lowest BCUT2D eigenvalue weighted by Crippen LogP contribution is -2.34. The smallest absolute Gasteiger partial charge is 0.270 e. The molecule has 1 rings (SSSR count). The molecular weight excluding hydrogens is 224 g/mol. The first-order valence-corrected chi connectivity index (χ1v) is 5.41. The van der Waals surface area contributed by atoms with Crippen molar-refractivity contribution < 1.29 is 4.79 Å². The van der Waals surface area contributed by atoms with Gasteiger partial charge in [0.15, 0.2) is 0 Å². The third-order valence-corrected chi connectivity index (χ3v) is 2.38. The highest BCUT2D eigenvalue weighted by molar-refractivity contribution is 6.30. The Morgan fingerprint density at radius 3 is 3.06 bits per heavy atom. The highest BCUT2D eigenvalue weighted by Crippen LogP contribution is 2.08. The summed E-state index contributed by atoms with van der Waals surface area (Å²) in [7, 11) is 0. The van der Waals surface area contributed by atoms with Crippen LogP contribution >= 0.6 is 11.6 Å². The molecule has 0 bridgehead atoms. The summed E-state index contributed by atoms with van der Waals surface area (Å²) in [6.07, 6.45) is 8.01. The van der Waals surface area contributed by atoms with Crippen molar-refractivity contribution in [1.29, 1.82) is 0 Å². The molecule has 0 aromatic carbocycles. The zero-order chi connectivity index (χ0) is 12.0. The lowest BCUT2D eigenvalue weighted by Gasteiger charge is -2.13. The lowest BCUT2D eigenvalue weighted by atomic mass is 10.1. The van der Waals surface area contributed by atoms with Gasteiger partial charge in [-0.2, -0.15) is 0 Å². The zero-order valence-corrected chi connectivity index (χ0v) is 9.79. The minimum atomic E-state index is -0.246. The van der Waals surface area contributed by atoms with Gasteiger partial charge in [-0.25, -0.2) is 0 Å². The van der Waals surface area contributed by atoms with E-state index >= 15 is 0 Å². The molecule has 4 heteroatoms. The Labute approximate surface area is 100 Å². The summed E-state index contributed by atoms with van der Waals surface area (Å²) in [5.74, 6) is 2.28. The number of carbonyl (C=O) groups excluding carboxylic acids is 1. The molecule has 1 aromatic rings. The zero-order valence-electron chi connectivity index (χ0n) is 9.03. The number of nitrogens with zero attached hydrogens (tertiary/aromatic N) is 1. The summed E-state index contributed by atoms with van der Waals surface area (Å²) < 4.78 is 0. The lowest BCUT2D eigenvalue weighted by molar-refractivity contribution is 0.0931. The van der Waals surface area contributed by atoms with Gasteiger partial charge in [-0.3, -0.25) is 9.78 Å². The second-order valence-electron chi connectivity index (χ2n) is 3.35. The molecule has 1 unspecified atom stereocenters. The van der Waals surface area contributed by atoms with Crippen LogP contribution in [0.5, 0.6) is 0 Å². The molecule has 3 nitrogen and oxygen atoms in total. The number of halogens is 1. The fraction of sp³-hybridized carbons (Fsp3) is 0.333. The Balaban J connectivity index is 2.68. The molecule has 0 spiro atoms. The third-order valence-electron chi connectivity index (χ3n) is 2.15. The van der Waals surface area contributed by atoms with Crippen LogP contribution in [0.4, 0.5) is 0 Å². The molecule has 0 fully saturated rings. The Hall–Kier alpha value is -1.53. The molecule has 0 radical (unpaired) electrons. The fourth-order valence-electron chi connectivity index (χ4n) is 1.23. The minimum Gasteiger partial charge on any atom is -0.347 e. The van der Waals surface area contributed by atoms with Gasteiger partial charge >= 0.3 is 0 Å². The molecule has 1 N–H and O–H groups in total. The third kappa shape index (κ3) is 3.56. The van der Waals surface area contributed by atoms with Crippen molar-refractivity contribution in [2.24, 2.45) is 0 Å². The standard InChI is InChI=1S/C12H13ClN2O/c1-3-5-10(4-2)15-12(16)11-8-9(13)6-7-14-11/h1,6-8,10H,4-5H2,2H3,(H,15,16). The topological polar surface area (TPSA) is 42.0 Å². The number of carbonyl (C=O) groups is 1. The first-order valence-electron chi connectivity index (χ1n) is 5.03. The van der Waals surface area contributed by atoms with Gasteiger partial charge < -0.3 is 5.32 Å². The maximum absolute atomic E-state index is 11.7. The maximum atomic E-state index is 11.7. The molecule has 0 saturated carbocycles. The van der Waals surface area contributed by atoms with Crippen LogP contribution in [0.1, 0.15) is 30.3 Å². The summed E-state index contributed by atoms with van der Waals surface area (Å²) in [6, 6.07) is 3.13. The largest absolute Gasteiger partial charge is 0.347 e. The van der Waals surface area contributed by atoms with Crippen molar-refractivity contribution >= 4 is 17.5 Å². The van der Waals surface area contributed by atoms with Crippen LogP contribution < -0.4 is 5.32 Å². The summed E-state index contributed by atoms with van der Waals surface area (Å²) in [5, 5.41) is 3.30. The molecule has 0 aliphatic rings. The van der Waals surface area contributed by atoms with Crippen molar-refractivity contribution in [2.45, 2.75) is 25.8 Å². The van der Waals surface area contributed by atoms with Gasteiger partial charge in [-0.1, -0.05) is 18.5 Å². The Kier molecular flexibility index (Phi) is 4.81.